The molecule has 0 aromatic heterocycles. The van der Waals surface area contributed by atoms with E-state index in [1.807, 2.05) is 30.3 Å². The smallest absolute Gasteiger partial charge is 0.122 e. The van der Waals surface area contributed by atoms with E-state index in [0.29, 0.717) is 16.5 Å². The van der Waals surface area contributed by atoms with E-state index in [0.717, 1.165) is 15.6 Å². The third kappa shape index (κ3) is 3.68. The van der Waals surface area contributed by atoms with Crippen molar-refractivity contribution >= 4 is 27.5 Å². The number of rotatable bonds is 5. The monoisotopic (exact) mass is 370 g/mol. The van der Waals surface area contributed by atoms with Crippen LogP contribution in [0.3, 0.4) is 0 Å². The van der Waals surface area contributed by atoms with Gasteiger partial charge < -0.3 is 9.47 Å². The lowest BCUT2D eigenvalue weighted by Gasteiger charge is -2.20. The van der Waals surface area contributed by atoms with Crippen molar-refractivity contribution in [2.45, 2.75) is 6.04 Å². The van der Waals surface area contributed by atoms with Crippen LogP contribution in [0.15, 0.2) is 40.9 Å². The maximum absolute atomic E-state index is 6.29. The first-order chi connectivity index (χ1) is 10.1. The zero-order chi connectivity index (χ0) is 15.4. The summed E-state index contributed by atoms with van der Waals surface area (Å²) in [6.07, 6.45) is 0. The molecule has 0 spiro atoms. The van der Waals surface area contributed by atoms with Gasteiger partial charge in [0.1, 0.15) is 11.5 Å². The number of methoxy groups -OCH3 is 2. The third-order valence-electron chi connectivity index (χ3n) is 3.14. The van der Waals surface area contributed by atoms with E-state index in [1.54, 1.807) is 20.3 Å². The third-order valence-corrected chi connectivity index (χ3v) is 3.98. The second kappa shape index (κ2) is 7.13. The Labute approximate surface area is 137 Å². The Morgan fingerprint density at radius 1 is 1.10 bits per heavy atom. The van der Waals surface area contributed by atoms with Crippen LogP contribution in [0.1, 0.15) is 17.2 Å². The van der Waals surface area contributed by atoms with Gasteiger partial charge in [-0.1, -0.05) is 27.5 Å². The van der Waals surface area contributed by atoms with Crippen molar-refractivity contribution in [3.05, 3.63) is 57.0 Å². The fraction of sp³-hybridized carbons (Fsp3) is 0.200. The van der Waals surface area contributed by atoms with E-state index in [9.17, 15) is 0 Å². The van der Waals surface area contributed by atoms with E-state index in [2.05, 4.69) is 21.4 Å². The SMILES string of the molecule is COc1cc(OC)cc(C(NN)c2cc(Br)ccc2Cl)c1. The van der Waals surface area contributed by atoms with Crippen molar-refractivity contribution in [1.82, 2.24) is 5.43 Å². The zero-order valence-electron chi connectivity index (χ0n) is 11.7. The molecule has 6 heteroatoms. The molecule has 2 aromatic carbocycles. The van der Waals surface area contributed by atoms with Crippen LogP contribution in [0, 0.1) is 0 Å². The summed E-state index contributed by atoms with van der Waals surface area (Å²) >= 11 is 9.73. The van der Waals surface area contributed by atoms with Crippen LogP contribution in [0.25, 0.3) is 0 Å². The largest absolute Gasteiger partial charge is 0.497 e. The Morgan fingerprint density at radius 2 is 1.71 bits per heavy atom. The van der Waals surface area contributed by atoms with Crippen LogP contribution in [0.2, 0.25) is 5.02 Å². The standard InChI is InChI=1S/C15H16BrClN2O2/c1-20-11-5-9(6-12(8-11)21-2)15(19-18)13-7-10(16)3-4-14(13)17/h3-8,15,19H,18H2,1-2H3. The molecule has 4 nitrogen and oxygen atoms in total. The quantitative estimate of drug-likeness (QED) is 0.622. The Hall–Kier alpha value is -1.27. The number of nitrogens with one attached hydrogen (secondary N) is 1. The minimum Gasteiger partial charge on any atom is -0.497 e. The topological polar surface area (TPSA) is 56.5 Å². The Morgan fingerprint density at radius 3 is 2.24 bits per heavy atom. The van der Waals surface area contributed by atoms with Crippen LogP contribution >= 0.6 is 27.5 Å². The van der Waals surface area contributed by atoms with E-state index in [-0.39, 0.29) is 6.04 Å². The van der Waals surface area contributed by atoms with Crippen molar-refractivity contribution in [3.8, 4) is 11.5 Å². The summed E-state index contributed by atoms with van der Waals surface area (Å²) in [5, 5.41) is 0.628. The van der Waals surface area contributed by atoms with Gasteiger partial charge in [0.2, 0.25) is 0 Å². The van der Waals surface area contributed by atoms with Gasteiger partial charge in [-0.25, -0.2) is 5.43 Å². The first kappa shape index (κ1) is 16.1. The highest BCUT2D eigenvalue weighted by atomic mass is 79.9. The average Bonchev–Trinajstić information content (AvgIpc) is 2.51. The molecule has 0 heterocycles. The molecule has 3 N–H and O–H groups in total. The van der Waals surface area contributed by atoms with Gasteiger partial charge in [-0.05, 0) is 41.5 Å². The second-order valence-electron chi connectivity index (χ2n) is 4.41. The summed E-state index contributed by atoms with van der Waals surface area (Å²) < 4.78 is 11.5. The van der Waals surface area contributed by atoms with E-state index in [4.69, 9.17) is 26.9 Å². The molecule has 2 aromatic rings. The molecule has 0 amide bonds. The minimum atomic E-state index is -0.279. The first-order valence-corrected chi connectivity index (χ1v) is 7.40. The summed E-state index contributed by atoms with van der Waals surface area (Å²) in [5.41, 5.74) is 4.55. The van der Waals surface area contributed by atoms with Crippen LogP contribution in [-0.4, -0.2) is 14.2 Å². The molecular weight excluding hydrogens is 356 g/mol. The zero-order valence-corrected chi connectivity index (χ0v) is 14.0. The number of benzene rings is 2. The van der Waals surface area contributed by atoms with Crippen molar-refractivity contribution in [2.75, 3.05) is 14.2 Å². The molecule has 1 atom stereocenters. The van der Waals surface area contributed by atoms with Gasteiger partial charge in [-0.3, -0.25) is 5.84 Å². The molecule has 112 valence electrons. The number of hydrogen-bond donors (Lipinski definition) is 2. The van der Waals surface area contributed by atoms with E-state index < -0.39 is 0 Å². The highest BCUT2D eigenvalue weighted by Crippen LogP contribution is 2.34. The molecule has 0 aliphatic rings. The van der Waals surface area contributed by atoms with Crippen LogP contribution in [0.4, 0.5) is 0 Å². The number of hydrazine groups is 1. The van der Waals surface area contributed by atoms with E-state index in [1.165, 1.54) is 0 Å². The van der Waals surface area contributed by atoms with Crippen molar-refractivity contribution < 1.29 is 9.47 Å². The molecular formula is C15H16BrClN2O2. The molecule has 0 aliphatic carbocycles. The molecule has 1 unspecified atom stereocenters. The van der Waals surface area contributed by atoms with Gasteiger partial charge in [-0.2, -0.15) is 0 Å². The summed E-state index contributed by atoms with van der Waals surface area (Å²) in [7, 11) is 3.21. The molecule has 0 aliphatic heterocycles. The van der Waals surface area contributed by atoms with Gasteiger partial charge in [0.25, 0.3) is 0 Å². The normalized spacial score (nSPS) is 12.0. The summed E-state index contributed by atoms with van der Waals surface area (Å²) in [6, 6.07) is 10.9. The lowest BCUT2D eigenvalue weighted by Crippen LogP contribution is -2.29. The van der Waals surface area contributed by atoms with Crippen molar-refractivity contribution in [2.24, 2.45) is 5.84 Å². The van der Waals surface area contributed by atoms with Gasteiger partial charge >= 0.3 is 0 Å². The molecule has 21 heavy (non-hydrogen) atoms. The molecule has 0 bridgehead atoms. The predicted molar refractivity (Wildman–Crippen MR) is 87.9 cm³/mol. The average molecular weight is 372 g/mol. The number of hydrogen-bond acceptors (Lipinski definition) is 4. The summed E-state index contributed by atoms with van der Waals surface area (Å²) in [4.78, 5) is 0. The van der Waals surface area contributed by atoms with Gasteiger partial charge in [-0.15, -0.1) is 0 Å². The highest BCUT2D eigenvalue weighted by molar-refractivity contribution is 9.10. The van der Waals surface area contributed by atoms with Gasteiger partial charge in [0.15, 0.2) is 0 Å². The fourth-order valence-corrected chi connectivity index (χ4v) is 2.70. The van der Waals surface area contributed by atoms with Gasteiger partial charge in [0.05, 0.1) is 20.3 Å². The Bertz CT molecular complexity index is 615. The molecule has 0 fully saturated rings. The number of halogens is 2. The summed E-state index contributed by atoms with van der Waals surface area (Å²) in [5.74, 6) is 7.11. The highest BCUT2D eigenvalue weighted by Gasteiger charge is 2.18. The van der Waals surface area contributed by atoms with Crippen molar-refractivity contribution in [1.29, 1.82) is 0 Å². The molecule has 2 rings (SSSR count). The molecule has 0 saturated carbocycles. The Kier molecular flexibility index (Phi) is 5.47. The Balaban J connectivity index is 2.52. The number of ether oxygens (including phenoxy) is 2. The van der Waals surface area contributed by atoms with Crippen LogP contribution in [-0.2, 0) is 0 Å². The lowest BCUT2D eigenvalue weighted by molar-refractivity contribution is 0.392. The fourth-order valence-electron chi connectivity index (χ4n) is 2.10. The minimum absolute atomic E-state index is 0.279. The lowest BCUT2D eigenvalue weighted by atomic mass is 9.98. The number of nitrogens with two attached hydrogens (primary N) is 1. The predicted octanol–water partition coefficient (Wildman–Crippen LogP) is 3.67. The second-order valence-corrected chi connectivity index (χ2v) is 5.73. The maximum atomic E-state index is 6.29. The maximum Gasteiger partial charge on any atom is 0.122 e. The molecule has 0 radical (unpaired) electrons. The van der Waals surface area contributed by atoms with Gasteiger partial charge in [0, 0.05) is 15.6 Å². The van der Waals surface area contributed by atoms with Crippen LogP contribution < -0.4 is 20.7 Å². The van der Waals surface area contributed by atoms with Crippen molar-refractivity contribution in [3.63, 3.8) is 0 Å². The first-order valence-electron chi connectivity index (χ1n) is 6.23. The van der Waals surface area contributed by atoms with E-state index >= 15 is 0 Å². The summed E-state index contributed by atoms with van der Waals surface area (Å²) in [6.45, 7) is 0. The van der Waals surface area contributed by atoms with Crippen LogP contribution in [0.5, 0.6) is 11.5 Å². The molecule has 0 saturated heterocycles.